The lowest BCUT2D eigenvalue weighted by Gasteiger charge is -2.40. The SMILES string of the molecule is C=C(C)C(=O)OC1(C2CC2)c2ccccc2-c2cccc3cccc1c23. The van der Waals surface area contributed by atoms with Gasteiger partial charge in [0.15, 0.2) is 5.60 Å². The van der Waals surface area contributed by atoms with E-state index in [9.17, 15) is 4.79 Å². The molecule has 0 saturated heterocycles. The number of esters is 1. The number of hydrogen-bond acceptors (Lipinski definition) is 2. The van der Waals surface area contributed by atoms with Gasteiger partial charge in [0.1, 0.15) is 0 Å². The molecule has 5 rings (SSSR count). The molecule has 0 radical (unpaired) electrons. The molecule has 0 aliphatic heterocycles. The van der Waals surface area contributed by atoms with E-state index >= 15 is 0 Å². The maximum Gasteiger partial charge on any atom is 0.334 e. The van der Waals surface area contributed by atoms with E-state index in [2.05, 4.69) is 61.2 Å². The zero-order valence-electron chi connectivity index (χ0n) is 14.8. The molecule has 0 spiro atoms. The number of hydrogen-bond donors (Lipinski definition) is 0. The maximum absolute atomic E-state index is 12.7. The van der Waals surface area contributed by atoms with E-state index in [1.54, 1.807) is 6.92 Å². The molecule has 3 aromatic carbocycles. The van der Waals surface area contributed by atoms with Gasteiger partial charge in [0.2, 0.25) is 0 Å². The van der Waals surface area contributed by atoms with Gasteiger partial charge in [-0.25, -0.2) is 4.79 Å². The zero-order valence-corrected chi connectivity index (χ0v) is 14.8. The molecule has 0 amide bonds. The predicted molar refractivity (Wildman–Crippen MR) is 104 cm³/mol. The molecule has 0 heterocycles. The van der Waals surface area contributed by atoms with Crippen LogP contribution in [0.5, 0.6) is 0 Å². The van der Waals surface area contributed by atoms with E-state index in [1.807, 2.05) is 6.07 Å². The molecule has 0 aromatic heterocycles. The van der Waals surface area contributed by atoms with Gasteiger partial charge < -0.3 is 4.74 Å². The van der Waals surface area contributed by atoms with E-state index in [1.165, 1.54) is 21.9 Å². The Kier molecular flexibility index (Phi) is 3.14. The predicted octanol–water partition coefficient (Wildman–Crippen LogP) is 5.59. The normalized spacial score (nSPS) is 20.5. The van der Waals surface area contributed by atoms with Crippen molar-refractivity contribution in [3.63, 3.8) is 0 Å². The second kappa shape index (κ2) is 5.31. The number of fused-ring (bicyclic) bond motifs is 2. The lowest BCUT2D eigenvalue weighted by atomic mass is 9.71. The maximum atomic E-state index is 12.7. The number of rotatable bonds is 3. The first kappa shape index (κ1) is 15.4. The third kappa shape index (κ3) is 1.96. The van der Waals surface area contributed by atoms with Gasteiger partial charge >= 0.3 is 5.97 Å². The molecule has 2 aliphatic rings. The lowest BCUT2D eigenvalue weighted by molar-refractivity contribution is -0.153. The Morgan fingerprint density at radius 1 is 0.962 bits per heavy atom. The van der Waals surface area contributed by atoms with Crippen molar-refractivity contribution in [2.24, 2.45) is 5.92 Å². The number of carbonyl (C=O) groups excluding carboxylic acids is 1. The Hall–Kier alpha value is -2.87. The Labute approximate surface area is 153 Å². The van der Waals surface area contributed by atoms with Crippen molar-refractivity contribution < 1.29 is 9.53 Å². The molecule has 1 saturated carbocycles. The summed E-state index contributed by atoms with van der Waals surface area (Å²) in [6.45, 7) is 5.52. The Bertz CT molecular complexity index is 1070. The van der Waals surface area contributed by atoms with E-state index in [4.69, 9.17) is 4.74 Å². The van der Waals surface area contributed by atoms with Crippen LogP contribution in [0.3, 0.4) is 0 Å². The molecule has 1 fully saturated rings. The van der Waals surface area contributed by atoms with Crippen LogP contribution in [-0.2, 0) is 15.1 Å². The van der Waals surface area contributed by atoms with Crippen molar-refractivity contribution in [3.8, 4) is 11.1 Å². The highest BCUT2D eigenvalue weighted by Crippen LogP contribution is 2.59. The molecule has 2 heteroatoms. The van der Waals surface area contributed by atoms with Gasteiger partial charge in [0.05, 0.1) is 0 Å². The summed E-state index contributed by atoms with van der Waals surface area (Å²) in [5.74, 6) is -0.00556. The third-order valence-corrected chi connectivity index (χ3v) is 5.68. The molecule has 128 valence electrons. The highest BCUT2D eigenvalue weighted by Gasteiger charge is 2.54. The Morgan fingerprint density at radius 3 is 2.35 bits per heavy atom. The van der Waals surface area contributed by atoms with Crippen LogP contribution in [0, 0.1) is 5.92 Å². The van der Waals surface area contributed by atoms with Crippen LogP contribution in [0.4, 0.5) is 0 Å². The van der Waals surface area contributed by atoms with Gasteiger partial charge in [-0.15, -0.1) is 0 Å². The van der Waals surface area contributed by atoms with Gasteiger partial charge in [-0.1, -0.05) is 67.2 Å². The van der Waals surface area contributed by atoms with Crippen molar-refractivity contribution in [1.29, 1.82) is 0 Å². The first-order valence-electron chi connectivity index (χ1n) is 9.14. The van der Waals surface area contributed by atoms with Crippen molar-refractivity contribution in [2.45, 2.75) is 25.4 Å². The topological polar surface area (TPSA) is 26.3 Å². The van der Waals surface area contributed by atoms with Crippen LogP contribution in [-0.4, -0.2) is 5.97 Å². The fraction of sp³-hybridized carbons (Fsp3) is 0.208. The molecule has 2 aliphatic carbocycles. The lowest BCUT2D eigenvalue weighted by Crippen LogP contribution is -2.38. The van der Waals surface area contributed by atoms with Crippen molar-refractivity contribution >= 4 is 16.7 Å². The highest BCUT2D eigenvalue weighted by molar-refractivity contribution is 6.03. The third-order valence-electron chi connectivity index (χ3n) is 5.68. The molecular formula is C24H20O2. The zero-order chi connectivity index (χ0) is 17.9. The summed E-state index contributed by atoms with van der Waals surface area (Å²) in [7, 11) is 0. The van der Waals surface area contributed by atoms with Crippen LogP contribution in [0.1, 0.15) is 30.9 Å². The number of carbonyl (C=O) groups is 1. The average molecular weight is 340 g/mol. The summed E-state index contributed by atoms with van der Waals surface area (Å²) < 4.78 is 6.30. The van der Waals surface area contributed by atoms with Crippen LogP contribution in [0.25, 0.3) is 21.9 Å². The van der Waals surface area contributed by atoms with Crippen molar-refractivity contribution in [2.75, 3.05) is 0 Å². The first-order chi connectivity index (χ1) is 12.6. The fourth-order valence-corrected chi connectivity index (χ4v) is 4.42. The molecule has 3 aromatic rings. The fourth-order valence-electron chi connectivity index (χ4n) is 4.42. The molecule has 0 N–H and O–H groups in total. The van der Waals surface area contributed by atoms with Crippen LogP contribution < -0.4 is 0 Å². The summed E-state index contributed by atoms with van der Waals surface area (Å²) in [6, 6.07) is 21.1. The largest absolute Gasteiger partial charge is 0.446 e. The second-order valence-corrected chi connectivity index (χ2v) is 7.43. The monoisotopic (exact) mass is 340 g/mol. The summed E-state index contributed by atoms with van der Waals surface area (Å²) in [5, 5.41) is 2.39. The van der Waals surface area contributed by atoms with E-state index in [0.717, 1.165) is 24.0 Å². The van der Waals surface area contributed by atoms with Crippen molar-refractivity contribution in [3.05, 3.63) is 83.9 Å². The molecule has 26 heavy (non-hydrogen) atoms. The standard InChI is InChI=1S/C24H20O2/c1-15(2)23(25)26-24(17-13-14-17)20-11-4-3-9-18(20)19-10-5-7-16-8-6-12-21(24)22(16)19/h3-12,17H,1,13-14H2,2H3. The van der Waals surface area contributed by atoms with E-state index in [0.29, 0.717) is 11.5 Å². The van der Waals surface area contributed by atoms with Crippen LogP contribution in [0.15, 0.2) is 72.8 Å². The summed E-state index contributed by atoms with van der Waals surface area (Å²) in [6.07, 6.45) is 2.13. The van der Waals surface area contributed by atoms with E-state index in [-0.39, 0.29) is 5.97 Å². The minimum Gasteiger partial charge on any atom is -0.446 e. The van der Waals surface area contributed by atoms with E-state index < -0.39 is 5.60 Å². The summed E-state index contributed by atoms with van der Waals surface area (Å²) in [4.78, 5) is 12.7. The van der Waals surface area contributed by atoms with Gasteiger partial charge in [-0.2, -0.15) is 0 Å². The first-order valence-corrected chi connectivity index (χ1v) is 9.14. The van der Waals surface area contributed by atoms with Gasteiger partial charge in [-0.05, 0) is 41.7 Å². The van der Waals surface area contributed by atoms with Gasteiger partial charge in [0.25, 0.3) is 0 Å². The van der Waals surface area contributed by atoms with Gasteiger partial charge in [-0.3, -0.25) is 0 Å². The van der Waals surface area contributed by atoms with Crippen LogP contribution >= 0.6 is 0 Å². The quantitative estimate of drug-likeness (QED) is 0.459. The van der Waals surface area contributed by atoms with Gasteiger partial charge in [0, 0.05) is 22.6 Å². The van der Waals surface area contributed by atoms with Crippen LogP contribution in [0.2, 0.25) is 0 Å². The Morgan fingerprint density at radius 2 is 1.62 bits per heavy atom. The Balaban J connectivity index is 1.91. The molecule has 2 nitrogen and oxygen atoms in total. The smallest absolute Gasteiger partial charge is 0.334 e. The summed E-state index contributed by atoms with van der Waals surface area (Å²) >= 11 is 0. The molecule has 1 atom stereocenters. The minimum absolute atomic E-state index is 0.311. The highest BCUT2D eigenvalue weighted by atomic mass is 16.6. The molecule has 0 bridgehead atoms. The summed E-state index contributed by atoms with van der Waals surface area (Å²) in [5.41, 5.74) is 4.31. The molecular weight excluding hydrogens is 320 g/mol. The van der Waals surface area contributed by atoms with Crippen molar-refractivity contribution in [1.82, 2.24) is 0 Å². The molecule has 1 unspecified atom stereocenters. The minimum atomic E-state index is -0.722. The second-order valence-electron chi connectivity index (χ2n) is 7.43. The average Bonchev–Trinajstić information content (AvgIpc) is 3.50. The number of ether oxygens (including phenoxy) is 1. The number of benzene rings is 3.